The number of unbranched alkanes of at least 4 members (excludes halogenated alkanes) is 2. The fraction of sp³-hybridized carbons (Fsp3) is 0.500. The molecule has 0 rings (SSSR count). The normalized spacial score (nSPS) is 11.3. The molecule has 0 amide bonds. The number of halogens is 3. The Bertz CT molecular complexity index is 263. The predicted molar refractivity (Wildman–Crippen MR) is 65.8 cm³/mol. The van der Waals surface area contributed by atoms with Gasteiger partial charge in [-0.3, -0.25) is 5.41 Å². The maximum atomic E-state index is 7.21. The number of terminal acetylenes is 1. The summed E-state index contributed by atoms with van der Waals surface area (Å²) in [5.74, 6) is 2.17. The van der Waals surface area contributed by atoms with Crippen molar-refractivity contribution in [3.05, 3.63) is 12.2 Å². The lowest BCUT2D eigenvalue weighted by atomic mass is 10.2. The second kappa shape index (κ2) is 7.87. The molecule has 0 saturated carbocycles. The van der Waals surface area contributed by atoms with Crippen LogP contribution in [-0.2, 0) is 4.74 Å². The van der Waals surface area contributed by atoms with Gasteiger partial charge < -0.3 is 4.74 Å². The first-order chi connectivity index (χ1) is 6.98. The summed E-state index contributed by atoms with van der Waals surface area (Å²) >= 11 is 16.2. The molecule has 0 spiro atoms. The van der Waals surface area contributed by atoms with Crippen molar-refractivity contribution in [1.29, 1.82) is 5.41 Å². The molecular formula is C10H12Cl3NO. The van der Waals surface area contributed by atoms with Crippen molar-refractivity contribution < 1.29 is 4.74 Å². The highest BCUT2D eigenvalue weighted by Gasteiger charge is 2.28. The molecule has 0 fully saturated rings. The van der Waals surface area contributed by atoms with Gasteiger partial charge in [0.2, 0.25) is 5.90 Å². The average Bonchev–Trinajstić information content (AvgIpc) is 2.14. The smallest absolute Gasteiger partial charge is 0.265 e. The molecule has 0 heterocycles. The molecule has 0 aliphatic rings. The molecule has 0 saturated heterocycles. The molecule has 0 atom stereocenters. The minimum absolute atomic E-state index is 0.225. The molecule has 0 unspecified atom stereocenters. The summed E-state index contributed by atoms with van der Waals surface area (Å²) < 4.78 is 3.09. The van der Waals surface area contributed by atoms with Crippen LogP contribution in [0.3, 0.4) is 0 Å². The van der Waals surface area contributed by atoms with Crippen molar-refractivity contribution >= 4 is 40.7 Å². The second-order valence-electron chi connectivity index (χ2n) is 2.71. The number of rotatable bonds is 5. The van der Waals surface area contributed by atoms with Gasteiger partial charge in [-0.2, -0.15) is 0 Å². The highest BCUT2D eigenvalue weighted by atomic mass is 35.6. The first-order valence-corrected chi connectivity index (χ1v) is 5.49. The average molecular weight is 269 g/mol. The standard InChI is InChI=1S/C10H12Cl3NO/c1-2-3-4-5-6-7-8-15-9(14)10(11,12)13/h1,6-7,14H,3-5,8H2/b7-6+,14-9?. The van der Waals surface area contributed by atoms with Crippen LogP contribution in [0, 0.1) is 17.8 Å². The van der Waals surface area contributed by atoms with Crippen LogP contribution in [0.5, 0.6) is 0 Å². The van der Waals surface area contributed by atoms with Crippen molar-refractivity contribution in [2.45, 2.75) is 23.1 Å². The van der Waals surface area contributed by atoms with Crippen LogP contribution in [0.15, 0.2) is 12.2 Å². The van der Waals surface area contributed by atoms with Crippen molar-refractivity contribution in [3.8, 4) is 12.3 Å². The number of allylic oxidation sites excluding steroid dienone is 1. The summed E-state index contributed by atoms with van der Waals surface area (Å²) in [5.41, 5.74) is 0. The Morgan fingerprint density at radius 3 is 2.60 bits per heavy atom. The third kappa shape index (κ3) is 8.62. The van der Waals surface area contributed by atoms with Gasteiger partial charge in [-0.15, -0.1) is 12.3 Å². The lowest BCUT2D eigenvalue weighted by Crippen LogP contribution is -2.21. The fourth-order valence-corrected chi connectivity index (χ4v) is 0.885. The third-order valence-corrected chi connectivity index (χ3v) is 1.95. The number of alkyl halides is 3. The van der Waals surface area contributed by atoms with E-state index < -0.39 is 3.79 Å². The first kappa shape index (κ1) is 14.6. The van der Waals surface area contributed by atoms with E-state index in [9.17, 15) is 0 Å². The first-order valence-electron chi connectivity index (χ1n) is 4.35. The van der Waals surface area contributed by atoms with Gasteiger partial charge in [0.05, 0.1) is 0 Å². The number of hydrogen-bond donors (Lipinski definition) is 1. The molecule has 0 aromatic rings. The van der Waals surface area contributed by atoms with E-state index in [0.29, 0.717) is 0 Å². The van der Waals surface area contributed by atoms with Crippen LogP contribution < -0.4 is 0 Å². The highest BCUT2D eigenvalue weighted by Crippen LogP contribution is 2.27. The highest BCUT2D eigenvalue weighted by molar-refractivity contribution is 6.76. The SMILES string of the molecule is C#CCCC/C=C/COC(=N)C(Cl)(Cl)Cl. The van der Waals surface area contributed by atoms with Crippen LogP contribution in [0.2, 0.25) is 0 Å². The van der Waals surface area contributed by atoms with Crippen molar-refractivity contribution in [1.82, 2.24) is 0 Å². The number of nitrogens with one attached hydrogen (secondary N) is 1. The van der Waals surface area contributed by atoms with Crippen LogP contribution in [0.4, 0.5) is 0 Å². The molecule has 0 aromatic carbocycles. The van der Waals surface area contributed by atoms with E-state index in [4.69, 9.17) is 51.4 Å². The maximum absolute atomic E-state index is 7.21. The Morgan fingerprint density at radius 2 is 2.07 bits per heavy atom. The lowest BCUT2D eigenvalue weighted by Gasteiger charge is -2.11. The molecule has 1 N–H and O–H groups in total. The van der Waals surface area contributed by atoms with Gasteiger partial charge in [-0.1, -0.05) is 47.0 Å². The van der Waals surface area contributed by atoms with Gasteiger partial charge in [-0.05, 0) is 12.8 Å². The van der Waals surface area contributed by atoms with Gasteiger partial charge in [-0.25, -0.2) is 0 Å². The lowest BCUT2D eigenvalue weighted by molar-refractivity contribution is 0.339. The molecule has 0 bridgehead atoms. The van der Waals surface area contributed by atoms with Gasteiger partial charge in [0.1, 0.15) is 6.61 Å². The molecule has 15 heavy (non-hydrogen) atoms. The fourth-order valence-electron chi connectivity index (χ4n) is 0.721. The minimum Gasteiger partial charge on any atom is -0.474 e. The summed E-state index contributed by atoms with van der Waals surface area (Å²) in [5, 5.41) is 7.21. The van der Waals surface area contributed by atoms with Gasteiger partial charge >= 0.3 is 0 Å². The Balaban J connectivity index is 3.54. The number of hydrogen-bond acceptors (Lipinski definition) is 2. The molecule has 84 valence electrons. The molecule has 0 aliphatic carbocycles. The minimum atomic E-state index is -1.78. The zero-order valence-corrected chi connectivity index (χ0v) is 10.4. The predicted octanol–water partition coefficient (Wildman–Crippen LogP) is 3.71. The van der Waals surface area contributed by atoms with Crippen LogP contribution in [0.25, 0.3) is 0 Å². The monoisotopic (exact) mass is 267 g/mol. The maximum Gasteiger partial charge on any atom is 0.265 e. The van der Waals surface area contributed by atoms with Crippen LogP contribution in [-0.4, -0.2) is 16.3 Å². The van der Waals surface area contributed by atoms with Crippen LogP contribution >= 0.6 is 34.8 Å². The van der Waals surface area contributed by atoms with E-state index >= 15 is 0 Å². The molecule has 5 heteroatoms. The van der Waals surface area contributed by atoms with E-state index in [1.807, 2.05) is 6.08 Å². The molecule has 0 aromatic heterocycles. The molecule has 0 radical (unpaired) electrons. The van der Waals surface area contributed by atoms with E-state index in [2.05, 4.69) is 5.92 Å². The zero-order valence-electron chi connectivity index (χ0n) is 8.10. The van der Waals surface area contributed by atoms with E-state index in [0.717, 1.165) is 19.3 Å². The Hall–Kier alpha value is -0.360. The third-order valence-electron chi connectivity index (χ3n) is 1.44. The van der Waals surface area contributed by atoms with E-state index in [-0.39, 0.29) is 12.5 Å². The summed E-state index contributed by atoms with van der Waals surface area (Å²) in [6.45, 7) is 0.225. The van der Waals surface area contributed by atoms with E-state index in [1.165, 1.54) is 0 Å². The Morgan fingerprint density at radius 1 is 1.40 bits per heavy atom. The second-order valence-corrected chi connectivity index (χ2v) is 4.99. The molecule has 2 nitrogen and oxygen atoms in total. The van der Waals surface area contributed by atoms with Gasteiger partial charge in [0, 0.05) is 6.42 Å². The summed E-state index contributed by atoms with van der Waals surface area (Å²) in [6.07, 6.45) is 11.4. The number of ether oxygens (including phenoxy) is 1. The Labute approximate surface area is 105 Å². The van der Waals surface area contributed by atoms with Crippen molar-refractivity contribution in [2.24, 2.45) is 0 Å². The summed E-state index contributed by atoms with van der Waals surface area (Å²) in [4.78, 5) is 0. The Kier molecular flexibility index (Phi) is 7.68. The zero-order chi connectivity index (χ0) is 11.7. The van der Waals surface area contributed by atoms with Crippen molar-refractivity contribution in [2.75, 3.05) is 6.61 Å². The largest absolute Gasteiger partial charge is 0.474 e. The van der Waals surface area contributed by atoms with Crippen molar-refractivity contribution in [3.63, 3.8) is 0 Å². The summed E-state index contributed by atoms with van der Waals surface area (Å²) in [7, 11) is 0. The quantitative estimate of drug-likeness (QED) is 0.202. The van der Waals surface area contributed by atoms with Crippen LogP contribution in [0.1, 0.15) is 19.3 Å². The van der Waals surface area contributed by atoms with Gasteiger partial charge in [0.15, 0.2) is 0 Å². The van der Waals surface area contributed by atoms with Gasteiger partial charge in [0.25, 0.3) is 3.79 Å². The molecular weight excluding hydrogens is 256 g/mol. The molecule has 0 aliphatic heterocycles. The topological polar surface area (TPSA) is 33.1 Å². The van der Waals surface area contributed by atoms with E-state index in [1.54, 1.807) is 6.08 Å². The summed E-state index contributed by atoms with van der Waals surface area (Å²) in [6, 6.07) is 0.